The average molecular weight is 1120 g/mol. The van der Waals surface area contributed by atoms with Crippen LogP contribution in [-0.4, -0.2) is 70.0 Å². The molecule has 0 spiro atoms. The van der Waals surface area contributed by atoms with Crippen LogP contribution in [0.1, 0.15) is 348 Å². The second-order valence-corrected chi connectivity index (χ2v) is 26.0. The molecule has 9 nitrogen and oxygen atoms in total. The van der Waals surface area contributed by atoms with Crippen molar-refractivity contribution < 1.29 is 42.1 Å². The van der Waals surface area contributed by atoms with Crippen molar-refractivity contribution in [3.8, 4) is 0 Å². The molecule has 0 aromatic carbocycles. The van der Waals surface area contributed by atoms with Gasteiger partial charge >= 0.3 is 11.9 Å². The van der Waals surface area contributed by atoms with Gasteiger partial charge in [0.2, 0.25) is 0 Å². The van der Waals surface area contributed by atoms with Gasteiger partial charge in [0.15, 0.2) is 6.10 Å². The van der Waals surface area contributed by atoms with Crippen LogP contribution in [0.2, 0.25) is 0 Å². The number of carbonyl (C=O) groups excluding carboxylic acids is 2. The number of carbonyl (C=O) groups is 2. The van der Waals surface area contributed by atoms with Crippen molar-refractivity contribution in [2.45, 2.75) is 354 Å². The van der Waals surface area contributed by atoms with Gasteiger partial charge in [-0.15, -0.1) is 0 Å². The molecule has 0 rings (SSSR count). The first-order chi connectivity index (χ1) is 38.0. The highest BCUT2D eigenvalue weighted by atomic mass is 31.2. The Kier molecular flexibility index (Phi) is 58.9. The molecule has 0 aliphatic carbocycles. The summed E-state index contributed by atoms with van der Waals surface area (Å²) in [5, 5.41) is 0. The summed E-state index contributed by atoms with van der Waals surface area (Å²) >= 11 is 0. The van der Waals surface area contributed by atoms with E-state index in [1.807, 2.05) is 21.1 Å². The SMILES string of the molecule is CCC/C=C\C/C=C\CCCCCCCC(=O)OC(COC(=O)CCCCCCCCCCCCCCCCCCCCCCCCCCCCCCCCCCCCCCCCCCC)COP(=O)([O-])OCC[N+](C)(C)C. The molecule has 0 aromatic heterocycles. The minimum absolute atomic E-state index is 0.0315. The molecule has 2 unspecified atom stereocenters. The van der Waals surface area contributed by atoms with Crippen molar-refractivity contribution in [1.29, 1.82) is 0 Å². The molecule has 2 atom stereocenters. The Morgan fingerprint density at radius 3 is 1.06 bits per heavy atom. The number of esters is 2. The topological polar surface area (TPSA) is 111 Å². The number of nitrogens with zero attached hydrogens (tertiary/aromatic N) is 1. The summed E-state index contributed by atoms with van der Waals surface area (Å²) in [6.07, 6.45) is 74.5. The zero-order chi connectivity index (χ0) is 57.0. The number of ether oxygens (including phenoxy) is 2. The molecule has 78 heavy (non-hydrogen) atoms. The van der Waals surface area contributed by atoms with E-state index in [1.165, 1.54) is 250 Å². The van der Waals surface area contributed by atoms with Crippen molar-refractivity contribution in [2.75, 3.05) is 47.5 Å². The molecule has 462 valence electrons. The molecule has 0 aromatic rings. The quantitative estimate of drug-likeness (QED) is 0.0195. The van der Waals surface area contributed by atoms with Gasteiger partial charge in [0.05, 0.1) is 27.7 Å². The van der Waals surface area contributed by atoms with Crippen LogP contribution < -0.4 is 4.89 Å². The van der Waals surface area contributed by atoms with Crippen LogP contribution in [0.25, 0.3) is 0 Å². The van der Waals surface area contributed by atoms with E-state index in [0.29, 0.717) is 17.4 Å². The molecule has 0 radical (unpaired) electrons. The Balaban J connectivity index is 3.77. The van der Waals surface area contributed by atoms with Crippen molar-refractivity contribution in [3.05, 3.63) is 24.3 Å². The highest BCUT2D eigenvalue weighted by molar-refractivity contribution is 7.45. The molecular formula is C68H132NO8P. The Morgan fingerprint density at radius 1 is 0.397 bits per heavy atom. The number of allylic oxidation sites excluding steroid dienone is 4. The molecule has 0 saturated carbocycles. The summed E-state index contributed by atoms with van der Waals surface area (Å²) in [6, 6.07) is 0. The van der Waals surface area contributed by atoms with E-state index in [0.717, 1.165) is 64.2 Å². The first kappa shape index (κ1) is 76.5. The number of phosphoric ester groups is 1. The van der Waals surface area contributed by atoms with Crippen molar-refractivity contribution >= 4 is 19.8 Å². The molecule has 0 N–H and O–H groups in total. The standard InChI is InChI=1S/C68H132NO8P/c1-6-8-10-12-14-16-18-20-21-22-23-24-25-26-27-28-29-30-31-32-33-34-35-36-37-38-39-40-41-42-43-44-45-46-47-49-50-52-54-56-58-60-67(70)74-64-66(65-76-78(72,73)75-63-62-69(3,4)5)77-68(71)61-59-57-55-53-51-48-19-17-15-13-11-9-7-2/h11,13,17,19,66H,6-10,12,14-16,18,20-65H2,1-5H3/b13-11-,19-17-. The summed E-state index contributed by atoms with van der Waals surface area (Å²) < 4.78 is 34.1. The molecule has 0 amide bonds. The number of phosphoric acid groups is 1. The molecule has 0 heterocycles. The predicted octanol–water partition coefficient (Wildman–Crippen LogP) is 21.1. The number of unbranched alkanes of at least 4 members (excludes halogenated alkanes) is 46. The third kappa shape index (κ3) is 63.7. The Hall–Kier alpha value is -1.51. The van der Waals surface area contributed by atoms with Crippen molar-refractivity contribution in [1.82, 2.24) is 0 Å². The van der Waals surface area contributed by atoms with Crippen molar-refractivity contribution in [2.24, 2.45) is 0 Å². The number of quaternary nitrogens is 1. The highest BCUT2D eigenvalue weighted by Crippen LogP contribution is 2.38. The minimum Gasteiger partial charge on any atom is -0.756 e. The first-order valence-corrected chi connectivity index (χ1v) is 35.5. The van der Waals surface area contributed by atoms with E-state index in [-0.39, 0.29) is 32.0 Å². The number of likely N-dealkylation sites (N-methyl/N-ethyl adjacent to an activating group) is 1. The fourth-order valence-corrected chi connectivity index (χ4v) is 11.0. The van der Waals surface area contributed by atoms with Crippen LogP contribution in [0, 0.1) is 0 Å². The first-order valence-electron chi connectivity index (χ1n) is 34.0. The lowest BCUT2D eigenvalue weighted by Gasteiger charge is -2.28. The molecule has 0 aliphatic rings. The van der Waals surface area contributed by atoms with Crippen LogP contribution >= 0.6 is 7.82 Å². The van der Waals surface area contributed by atoms with Gasteiger partial charge in [-0.2, -0.15) is 0 Å². The van der Waals surface area contributed by atoms with E-state index < -0.39 is 26.5 Å². The van der Waals surface area contributed by atoms with Crippen LogP contribution in [0.4, 0.5) is 0 Å². The third-order valence-electron chi connectivity index (χ3n) is 15.5. The van der Waals surface area contributed by atoms with Gasteiger partial charge in [0, 0.05) is 12.8 Å². The Labute approximate surface area is 485 Å². The van der Waals surface area contributed by atoms with Gasteiger partial charge in [-0.1, -0.05) is 321 Å². The smallest absolute Gasteiger partial charge is 0.306 e. The molecule has 10 heteroatoms. The molecule has 0 bridgehead atoms. The zero-order valence-electron chi connectivity index (χ0n) is 52.6. The van der Waals surface area contributed by atoms with Gasteiger partial charge < -0.3 is 27.9 Å². The van der Waals surface area contributed by atoms with Gasteiger partial charge in [-0.25, -0.2) is 0 Å². The maximum atomic E-state index is 12.7. The summed E-state index contributed by atoms with van der Waals surface area (Å²) in [6.45, 7) is 4.20. The average Bonchev–Trinajstić information content (AvgIpc) is 3.40. The van der Waals surface area contributed by atoms with E-state index in [4.69, 9.17) is 18.5 Å². The lowest BCUT2D eigenvalue weighted by atomic mass is 10.0. The summed E-state index contributed by atoms with van der Waals surface area (Å²) in [7, 11) is 1.17. The summed E-state index contributed by atoms with van der Waals surface area (Å²) in [5.74, 6) is -0.835. The van der Waals surface area contributed by atoms with Crippen LogP contribution in [0.3, 0.4) is 0 Å². The monoisotopic (exact) mass is 1120 g/mol. The minimum atomic E-state index is -4.63. The second kappa shape index (κ2) is 60.1. The maximum absolute atomic E-state index is 12.7. The normalized spacial score (nSPS) is 13.3. The van der Waals surface area contributed by atoms with E-state index in [1.54, 1.807) is 0 Å². The van der Waals surface area contributed by atoms with Crippen LogP contribution in [0.15, 0.2) is 24.3 Å². The third-order valence-corrected chi connectivity index (χ3v) is 16.4. The molecule has 0 fully saturated rings. The summed E-state index contributed by atoms with van der Waals surface area (Å²) in [5.41, 5.74) is 0. The Morgan fingerprint density at radius 2 is 0.718 bits per heavy atom. The summed E-state index contributed by atoms with van der Waals surface area (Å²) in [4.78, 5) is 37.8. The fourth-order valence-electron chi connectivity index (χ4n) is 10.2. The maximum Gasteiger partial charge on any atom is 0.306 e. The van der Waals surface area contributed by atoms with Gasteiger partial charge in [0.1, 0.15) is 19.8 Å². The number of hydrogen-bond donors (Lipinski definition) is 0. The zero-order valence-corrected chi connectivity index (χ0v) is 53.5. The van der Waals surface area contributed by atoms with Gasteiger partial charge in [-0.3, -0.25) is 14.2 Å². The highest BCUT2D eigenvalue weighted by Gasteiger charge is 2.22. The van der Waals surface area contributed by atoms with Gasteiger partial charge in [0.25, 0.3) is 7.82 Å². The predicted molar refractivity (Wildman–Crippen MR) is 333 cm³/mol. The lowest BCUT2D eigenvalue weighted by molar-refractivity contribution is -0.870. The molecule has 0 aliphatic heterocycles. The molecular weight excluding hydrogens is 990 g/mol. The van der Waals surface area contributed by atoms with E-state index >= 15 is 0 Å². The molecule has 0 saturated heterocycles. The number of rotatable bonds is 64. The van der Waals surface area contributed by atoms with Crippen molar-refractivity contribution in [3.63, 3.8) is 0 Å². The van der Waals surface area contributed by atoms with Gasteiger partial charge in [-0.05, 0) is 38.5 Å². The van der Waals surface area contributed by atoms with E-state index in [9.17, 15) is 19.0 Å². The van der Waals surface area contributed by atoms with E-state index in [2.05, 4.69) is 38.2 Å². The van der Waals surface area contributed by atoms with Crippen LogP contribution in [0.5, 0.6) is 0 Å². The largest absolute Gasteiger partial charge is 0.756 e. The Bertz CT molecular complexity index is 1370. The number of hydrogen-bond acceptors (Lipinski definition) is 8. The lowest BCUT2D eigenvalue weighted by Crippen LogP contribution is -2.37. The van der Waals surface area contributed by atoms with Crippen LogP contribution in [-0.2, 0) is 32.7 Å². The second-order valence-electron chi connectivity index (χ2n) is 24.6. The fraction of sp³-hybridized carbons (Fsp3) is 0.912.